The maximum Gasteiger partial charge on any atom is 0.387 e. The molecule has 2 aromatic rings. The van der Waals surface area contributed by atoms with Gasteiger partial charge in [-0.2, -0.15) is 8.78 Å². The first kappa shape index (κ1) is 16.5. The highest BCUT2D eigenvalue weighted by molar-refractivity contribution is 5.94. The van der Waals surface area contributed by atoms with E-state index in [2.05, 4.69) is 10.1 Å². The molecule has 0 bridgehead atoms. The first-order valence-corrected chi connectivity index (χ1v) is 6.68. The number of hydrogen-bond donors (Lipinski definition) is 2. The average Bonchev–Trinajstić information content (AvgIpc) is 2.54. The van der Waals surface area contributed by atoms with E-state index in [4.69, 9.17) is 4.74 Å². The summed E-state index contributed by atoms with van der Waals surface area (Å²) in [6.45, 7) is -2.82. The molecule has 0 aliphatic rings. The van der Waals surface area contributed by atoms with Crippen LogP contribution in [0.3, 0.4) is 0 Å². The van der Waals surface area contributed by atoms with E-state index in [0.29, 0.717) is 11.3 Å². The number of rotatable bonds is 6. The van der Waals surface area contributed by atoms with Crippen LogP contribution in [0, 0.1) is 0 Å². The monoisotopic (exact) mass is 323 g/mol. The van der Waals surface area contributed by atoms with Gasteiger partial charge in [-0.25, -0.2) is 0 Å². The van der Waals surface area contributed by atoms with E-state index >= 15 is 0 Å². The molecule has 122 valence electrons. The fourth-order valence-electron chi connectivity index (χ4n) is 1.90. The van der Waals surface area contributed by atoms with E-state index < -0.39 is 12.5 Å². The second-order valence-electron chi connectivity index (χ2n) is 4.58. The molecule has 0 fully saturated rings. The van der Waals surface area contributed by atoms with Crippen molar-refractivity contribution in [3.8, 4) is 17.2 Å². The smallest absolute Gasteiger partial charge is 0.387 e. The van der Waals surface area contributed by atoms with Crippen LogP contribution in [0.1, 0.15) is 15.9 Å². The van der Waals surface area contributed by atoms with Gasteiger partial charge in [0.25, 0.3) is 5.91 Å². The van der Waals surface area contributed by atoms with Crippen LogP contribution in [-0.2, 0) is 6.54 Å². The van der Waals surface area contributed by atoms with Crippen molar-refractivity contribution in [3.05, 3.63) is 53.6 Å². The Morgan fingerprint density at radius 1 is 1.17 bits per heavy atom. The van der Waals surface area contributed by atoms with Crippen LogP contribution in [0.25, 0.3) is 0 Å². The lowest BCUT2D eigenvalue weighted by molar-refractivity contribution is -0.0498. The second-order valence-corrected chi connectivity index (χ2v) is 4.58. The Kier molecular flexibility index (Phi) is 5.35. The molecular weight excluding hydrogens is 308 g/mol. The van der Waals surface area contributed by atoms with Crippen molar-refractivity contribution in [1.29, 1.82) is 0 Å². The van der Waals surface area contributed by atoms with Crippen LogP contribution >= 0.6 is 0 Å². The quantitative estimate of drug-likeness (QED) is 0.858. The summed E-state index contributed by atoms with van der Waals surface area (Å²) < 4.78 is 33.4. The maximum atomic E-state index is 12.1. The van der Waals surface area contributed by atoms with Crippen LogP contribution in [0.4, 0.5) is 8.78 Å². The van der Waals surface area contributed by atoms with Crippen molar-refractivity contribution in [2.75, 3.05) is 7.11 Å². The summed E-state index contributed by atoms with van der Waals surface area (Å²) in [6, 6.07) is 9.99. The van der Waals surface area contributed by atoms with Crippen molar-refractivity contribution in [3.63, 3.8) is 0 Å². The summed E-state index contributed by atoms with van der Waals surface area (Å²) in [5.41, 5.74) is 0.782. The third-order valence-electron chi connectivity index (χ3n) is 3.07. The lowest BCUT2D eigenvalue weighted by atomic mass is 10.1. The highest BCUT2D eigenvalue weighted by Gasteiger charge is 2.09. The molecule has 2 aromatic carbocycles. The van der Waals surface area contributed by atoms with Crippen molar-refractivity contribution < 1.29 is 28.2 Å². The summed E-state index contributed by atoms with van der Waals surface area (Å²) >= 11 is 0. The predicted octanol–water partition coefficient (Wildman–Crippen LogP) is 2.93. The van der Waals surface area contributed by atoms with E-state index in [9.17, 15) is 18.7 Å². The molecule has 0 unspecified atom stereocenters. The average molecular weight is 323 g/mol. The zero-order valence-corrected chi connectivity index (χ0v) is 12.3. The Balaban J connectivity index is 1.99. The van der Waals surface area contributed by atoms with Gasteiger partial charge in [0.2, 0.25) is 0 Å². The van der Waals surface area contributed by atoms with E-state index in [0.717, 1.165) is 0 Å². The molecule has 0 atom stereocenters. The van der Waals surface area contributed by atoms with Gasteiger partial charge in [-0.05, 0) is 42.5 Å². The highest BCUT2D eigenvalue weighted by Crippen LogP contribution is 2.22. The van der Waals surface area contributed by atoms with Crippen LogP contribution in [0.15, 0.2) is 42.5 Å². The van der Waals surface area contributed by atoms with Gasteiger partial charge >= 0.3 is 6.61 Å². The van der Waals surface area contributed by atoms with Crippen LogP contribution in [-0.4, -0.2) is 24.7 Å². The molecular formula is C16H15F2NO4. The van der Waals surface area contributed by atoms with Gasteiger partial charge in [0.05, 0.1) is 7.11 Å². The Morgan fingerprint density at radius 3 is 2.43 bits per heavy atom. The van der Waals surface area contributed by atoms with Gasteiger partial charge in [-0.15, -0.1) is 0 Å². The predicted molar refractivity (Wildman–Crippen MR) is 78.9 cm³/mol. The van der Waals surface area contributed by atoms with Crippen LogP contribution in [0.5, 0.6) is 17.2 Å². The molecule has 5 nitrogen and oxygen atoms in total. The number of benzene rings is 2. The normalized spacial score (nSPS) is 10.4. The first-order chi connectivity index (χ1) is 11.0. The Morgan fingerprint density at radius 2 is 1.83 bits per heavy atom. The number of methoxy groups -OCH3 is 1. The minimum Gasteiger partial charge on any atom is -0.508 e. The summed E-state index contributed by atoms with van der Waals surface area (Å²) in [4.78, 5) is 12.0. The zero-order chi connectivity index (χ0) is 16.8. The molecule has 0 aromatic heterocycles. The lowest BCUT2D eigenvalue weighted by Crippen LogP contribution is -2.22. The van der Waals surface area contributed by atoms with Crippen molar-refractivity contribution in [2.45, 2.75) is 13.2 Å². The van der Waals surface area contributed by atoms with Crippen molar-refractivity contribution >= 4 is 5.91 Å². The molecule has 0 heterocycles. The molecule has 0 spiro atoms. The molecule has 23 heavy (non-hydrogen) atoms. The highest BCUT2D eigenvalue weighted by atomic mass is 19.3. The number of phenols is 1. The Labute approximate surface area is 131 Å². The number of hydrogen-bond acceptors (Lipinski definition) is 4. The maximum absolute atomic E-state index is 12.1. The lowest BCUT2D eigenvalue weighted by Gasteiger charge is -2.09. The number of carbonyl (C=O) groups is 1. The molecule has 0 saturated heterocycles. The van der Waals surface area contributed by atoms with Crippen molar-refractivity contribution in [2.24, 2.45) is 0 Å². The van der Waals surface area contributed by atoms with Crippen LogP contribution in [0.2, 0.25) is 0 Å². The first-order valence-electron chi connectivity index (χ1n) is 6.68. The SMILES string of the molecule is COc1ccc(O)c(CNC(=O)c2ccc(OC(F)F)cc2)c1. The summed E-state index contributed by atoms with van der Waals surface area (Å²) in [7, 11) is 1.50. The number of aromatic hydroxyl groups is 1. The topological polar surface area (TPSA) is 67.8 Å². The minimum atomic E-state index is -2.91. The second kappa shape index (κ2) is 7.44. The fourth-order valence-corrected chi connectivity index (χ4v) is 1.90. The molecule has 0 saturated carbocycles. The number of alkyl halides is 2. The molecule has 0 aliphatic carbocycles. The van der Waals surface area contributed by atoms with Gasteiger partial charge in [0.15, 0.2) is 0 Å². The van der Waals surface area contributed by atoms with Crippen LogP contribution < -0.4 is 14.8 Å². The van der Waals surface area contributed by atoms with Gasteiger partial charge in [0.1, 0.15) is 17.2 Å². The number of carbonyl (C=O) groups excluding carboxylic acids is 1. The number of nitrogens with one attached hydrogen (secondary N) is 1. The molecule has 1 amide bonds. The van der Waals surface area contributed by atoms with Gasteiger partial charge < -0.3 is 19.9 Å². The minimum absolute atomic E-state index is 0.0259. The zero-order valence-electron chi connectivity index (χ0n) is 12.3. The third-order valence-corrected chi connectivity index (χ3v) is 3.07. The van der Waals surface area contributed by atoms with E-state index in [1.165, 1.54) is 37.4 Å². The summed E-state index contributed by atoms with van der Waals surface area (Å²) in [5, 5.41) is 12.4. The van der Waals surface area contributed by atoms with Gasteiger partial charge in [0, 0.05) is 17.7 Å². The number of halogens is 2. The molecule has 7 heteroatoms. The number of phenolic OH excluding ortho intramolecular Hbond substituents is 1. The number of amides is 1. The standard InChI is InChI=1S/C16H15F2NO4/c1-22-13-6-7-14(20)11(8-13)9-19-15(21)10-2-4-12(5-3-10)23-16(17)18/h2-8,16,20H,9H2,1H3,(H,19,21). The molecule has 0 aliphatic heterocycles. The Bertz CT molecular complexity index is 674. The molecule has 0 radical (unpaired) electrons. The third kappa shape index (κ3) is 4.57. The van der Waals surface area contributed by atoms with E-state index in [1.807, 2.05) is 0 Å². The van der Waals surface area contributed by atoms with E-state index in [-0.39, 0.29) is 23.6 Å². The summed E-state index contributed by atoms with van der Waals surface area (Å²) in [5.74, 6) is 0.158. The number of ether oxygens (including phenoxy) is 2. The fraction of sp³-hybridized carbons (Fsp3) is 0.188. The Hall–Kier alpha value is -2.83. The van der Waals surface area contributed by atoms with Crippen molar-refractivity contribution in [1.82, 2.24) is 5.32 Å². The molecule has 2 N–H and O–H groups in total. The molecule has 2 rings (SSSR count). The van der Waals surface area contributed by atoms with Gasteiger partial charge in [-0.1, -0.05) is 0 Å². The summed E-state index contributed by atoms with van der Waals surface area (Å²) in [6.07, 6.45) is 0. The largest absolute Gasteiger partial charge is 0.508 e. The van der Waals surface area contributed by atoms with E-state index in [1.54, 1.807) is 12.1 Å². The van der Waals surface area contributed by atoms with Gasteiger partial charge in [-0.3, -0.25) is 4.79 Å².